The van der Waals surface area contributed by atoms with Crippen molar-refractivity contribution in [3.8, 4) is 0 Å². The summed E-state index contributed by atoms with van der Waals surface area (Å²) in [5, 5.41) is 3.26. The lowest BCUT2D eigenvalue weighted by Gasteiger charge is -2.18. The second-order valence-electron chi connectivity index (χ2n) is 6.34. The molecule has 0 aliphatic carbocycles. The minimum absolute atomic E-state index is 0.0179. The third kappa shape index (κ3) is 6.89. The number of halogens is 2. The lowest BCUT2D eigenvalue weighted by atomic mass is 10.1. The lowest BCUT2D eigenvalue weighted by Crippen LogP contribution is -2.42. The number of nitrogens with two attached hydrogens (primary N) is 1. The maximum atomic E-state index is 12.6. The topological polar surface area (TPSA) is 123 Å². The van der Waals surface area contributed by atoms with Crippen molar-refractivity contribution < 1.29 is 14.3 Å². The van der Waals surface area contributed by atoms with E-state index in [1.807, 2.05) is 6.26 Å². The molecule has 0 saturated heterocycles. The molecule has 2 rings (SSSR count). The van der Waals surface area contributed by atoms with Crippen LogP contribution in [-0.4, -0.2) is 59.0 Å². The highest BCUT2D eigenvalue weighted by Crippen LogP contribution is 2.21. The Hall–Kier alpha value is -2.30. The van der Waals surface area contributed by atoms with Gasteiger partial charge in [-0.2, -0.15) is 26.7 Å². The number of ether oxygens (including phenoxy) is 1. The number of anilines is 2. The summed E-state index contributed by atoms with van der Waals surface area (Å²) in [5.41, 5.74) is 5.89. The normalized spacial score (nSPS) is 11.6. The van der Waals surface area contributed by atoms with Crippen molar-refractivity contribution in [1.82, 2.24) is 20.3 Å². The van der Waals surface area contributed by atoms with Gasteiger partial charge in [0.05, 0.1) is 10.6 Å². The Morgan fingerprint density at radius 2 is 2.00 bits per heavy atom. The molecule has 2 aromatic rings. The molecule has 0 saturated carbocycles. The van der Waals surface area contributed by atoms with Gasteiger partial charge < -0.3 is 20.7 Å². The average Bonchev–Trinajstić information content (AvgIpc) is 2.68. The molecule has 0 aliphatic heterocycles. The van der Waals surface area contributed by atoms with Crippen LogP contribution in [0.2, 0.25) is 10.0 Å². The number of amides is 1. The third-order valence-corrected chi connectivity index (χ3v) is 5.00. The SMILES string of the molecule is CSCCC(NC(=O)c1ccc(Cl)cc1Cl)C(=O)OCc1nc(N)nc(N(C)C)n1. The summed E-state index contributed by atoms with van der Waals surface area (Å²) in [6, 6.07) is 3.63. The molecule has 1 atom stereocenters. The number of hydrogen-bond donors (Lipinski definition) is 2. The summed E-state index contributed by atoms with van der Waals surface area (Å²) in [5.74, 6) is 0.0855. The van der Waals surface area contributed by atoms with Crippen molar-refractivity contribution >= 4 is 58.7 Å². The summed E-state index contributed by atoms with van der Waals surface area (Å²) in [6.45, 7) is -0.209. The zero-order valence-corrected chi connectivity index (χ0v) is 19.0. The van der Waals surface area contributed by atoms with E-state index in [1.54, 1.807) is 25.1 Å². The van der Waals surface area contributed by atoms with E-state index in [-0.39, 0.29) is 29.0 Å². The molecule has 30 heavy (non-hydrogen) atoms. The number of nitrogen functional groups attached to an aromatic ring is 1. The first-order valence-electron chi connectivity index (χ1n) is 8.80. The monoisotopic (exact) mass is 472 g/mol. The third-order valence-electron chi connectivity index (χ3n) is 3.81. The molecular formula is C18H22Cl2N6O3S. The van der Waals surface area contributed by atoms with Gasteiger partial charge in [0.1, 0.15) is 6.04 Å². The van der Waals surface area contributed by atoms with E-state index in [4.69, 9.17) is 33.7 Å². The number of esters is 1. The molecule has 3 N–H and O–H groups in total. The van der Waals surface area contributed by atoms with Crippen LogP contribution in [0, 0.1) is 0 Å². The van der Waals surface area contributed by atoms with Gasteiger partial charge in [0.2, 0.25) is 11.9 Å². The van der Waals surface area contributed by atoms with Crippen molar-refractivity contribution in [1.29, 1.82) is 0 Å². The van der Waals surface area contributed by atoms with Crippen LogP contribution in [0.15, 0.2) is 18.2 Å². The second kappa shape index (κ2) is 11.2. The Morgan fingerprint density at radius 3 is 2.63 bits per heavy atom. The van der Waals surface area contributed by atoms with Crippen LogP contribution in [-0.2, 0) is 16.1 Å². The van der Waals surface area contributed by atoms with Crippen LogP contribution in [0.25, 0.3) is 0 Å². The van der Waals surface area contributed by atoms with Crippen molar-refractivity contribution in [3.63, 3.8) is 0 Å². The zero-order chi connectivity index (χ0) is 22.3. The number of nitrogens with one attached hydrogen (secondary N) is 1. The van der Waals surface area contributed by atoms with Crippen LogP contribution < -0.4 is 16.0 Å². The first kappa shape index (κ1) is 24.0. The fourth-order valence-corrected chi connectivity index (χ4v) is 3.29. The van der Waals surface area contributed by atoms with E-state index < -0.39 is 17.9 Å². The van der Waals surface area contributed by atoms with Crippen molar-refractivity contribution in [2.24, 2.45) is 0 Å². The maximum Gasteiger partial charge on any atom is 0.329 e. The van der Waals surface area contributed by atoms with Gasteiger partial charge in [-0.15, -0.1) is 0 Å². The van der Waals surface area contributed by atoms with Crippen LogP contribution >= 0.6 is 35.0 Å². The molecule has 1 aromatic carbocycles. The molecule has 1 heterocycles. The van der Waals surface area contributed by atoms with E-state index in [0.717, 1.165) is 0 Å². The van der Waals surface area contributed by atoms with Crippen LogP contribution in [0.3, 0.4) is 0 Å². The summed E-state index contributed by atoms with van der Waals surface area (Å²) in [7, 11) is 3.50. The quantitative estimate of drug-likeness (QED) is 0.529. The van der Waals surface area contributed by atoms with Gasteiger partial charge in [0.15, 0.2) is 12.4 Å². The first-order chi connectivity index (χ1) is 14.2. The van der Waals surface area contributed by atoms with E-state index in [0.29, 0.717) is 23.1 Å². The number of rotatable bonds is 9. The molecule has 0 bridgehead atoms. The predicted molar refractivity (Wildman–Crippen MR) is 119 cm³/mol. The van der Waals surface area contributed by atoms with Gasteiger partial charge in [-0.1, -0.05) is 23.2 Å². The van der Waals surface area contributed by atoms with Crippen molar-refractivity contribution in [2.75, 3.05) is 36.7 Å². The molecule has 1 unspecified atom stereocenters. The highest BCUT2D eigenvalue weighted by atomic mass is 35.5. The predicted octanol–water partition coefficient (Wildman–Crippen LogP) is 2.42. The number of thioether (sulfide) groups is 1. The molecule has 9 nitrogen and oxygen atoms in total. The summed E-state index contributed by atoms with van der Waals surface area (Å²) < 4.78 is 5.32. The highest BCUT2D eigenvalue weighted by molar-refractivity contribution is 7.98. The average molecular weight is 473 g/mol. The fourth-order valence-electron chi connectivity index (χ4n) is 2.32. The molecule has 1 aromatic heterocycles. The summed E-state index contributed by atoms with van der Waals surface area (Å²) in [6.07, 6.45) is 2.27. The van der Waals surface area contributed by atoms with E-state index >= 15 is 0 Å². The Balaban J connectivity index is 2.08. The molecule has 1 amide bonds. The van der Waals surface area contributed by atoms with Crippen LogP contribution in [0.1, 0.15) is 22.6 Å². The van der Waals surface area contributed by atoms with Crippen molar-refractivity contribution in [2.45, 2.75) is 19.1 Å². The number of nitrogens with zero attached hydrogens (tertiary/aromatic N) is 4. The Bertz CT molecular complexity index is 915. The van der Waals surface area contributed by atoms with Gasteiger partial charge in [0.25, 0.3) is 5.91 Å². The van der Waals surface area contributed by atoms with Gasteiger partial charge in [0, 0.05) is 19.1 Å². The standard InChI is InChI=1S/C18H22Cl2N6O3S/c1-26(2)18-24-14(23-17(21)25-18)9-29-16(28)13(6-7-30-3)22-15(27)11-5-4-10(19)8-12(11)20/h4-5,8,13H,6-7,9H2,1-3H3,(H,22,27)(H2,21,23,24,25). The first-order valence-corrected chi connectivity index (χ1v) is 11.0. The zero-order valence-electron chi connectivity index (χ0n) is 16.7. The number of carbonyl (C=O) groups excluding carboxylic acids is 2. The van der Waals surface area contributed by atoms with Gasteiger partial charge in [-0.3, -0.25) is 4.79 Å². The number of aromatic nitrogens is 3. The molecule has 162 valence electrons. The fraction of sp³-hybridized carbons (Fsp3) is 0.389. The largest absolute Gasteiger partial charge is 0.456 e. The van der Waals surface area contributed by atoms with Crippen molar-refractivity contribution in [3.05, 3.63) is 39.6 Å². The Kier molecular flexibility index (Phi) is 8.94. The molecule has 0 aliphatic rings. The minimum Gasteiger partial charge on any atom is -0.456 e. The van der Waals surface area contributed by atoms with E-state index in [2.05, 4.69) is 20.3 Å². The number of hydrogen-bond acceptors (Lipinski definition) is 9. The summed E-state index contributed by atoms with van der Waals surface area (Å²) >= 11 is 13.5. The maximum absolute atomic E-state index is 12.6. The number of carbonyl (C=O) groups is 2. The van der Waals surface area contributed by atoms with E-state index in [9.17, 15) is 9.59 Å². The molecule has 0 radical (unpaired) electrons. The molecular weight excluding hydrogens is 451 g/mol. The van der Waals surface area contributed by atoms with Crippen LogP contribution in [0.4, 0.5) is 11.9 Å². The second-order valence-corrected chi connectivity index (χ2v) is 8.17. The number of benzene rings is 1. The van der Waals surface area contributed by atoms with E-state index in [1.165, 1.54) is 23.9 Å². The Labute approximate surface area is 188 Å². The smallest absolute Gasteiger partial charge is 0.329 e. The highest BCUT2D eigenvalue weighted by Gasteiger charge is 2.24. The lowest BCUT2D eigenvalue weighted by molar-refractivity contribution is -0.147. The van der Waals surface area contributed by atoms with Gasteiger partial charge >= 0.3 is 5.97 Å². The Morgan fingerprint density at radius 1 is 1.27 bits per heavy atom. The molecule has 0 fully saturated rings. The molecule has 0 spiro atoms. The van der Waals surface area contributed by atoms with Crippen LogP contribution in [0.5, 0.6) is 0 Å². The minimum atomic E-state index is -0.871. The summed E-state index contributed by atoms with van der Waals surface area (Å²) in [4.78, 5) is 39.0. The van der Waals surface area contributed by atoms with Gasteiger partial charge in [-0.05, 0) is 36.6 Å². The molecule has 12 heteroatoms. The van der Waals surface area contributed by atoms with Gasteiger partial charge in [-0.25, -0.2) is 4.79 Å².